The van der Waals surface area contributed by atoms with Crippen molar-refractivity contribution >= 4 is 23.6 Å². The van der Waals surface area contributed by atoms with Crippen LogP contribution >= 0.6 is 0 Å². The first-order valence-corrected chi connectivity index (χ1v) is 6.73. The molecule has 0 radical (unpaired) electrons. The molecule has 0 atom stereocenters. The first-order chi connectivity index (χ1) is 10.5. The Bertz CT molecular complexity index is 651. The predicted molar refractivity (Wildman–Crippen MR) is 80.5 cm³/mol. The summed E-state index contributed by atoms with van der Waals surface area (Å²) < 4.78 is 4.82. The van der Waals surface area contributed by atoms with E-state index < -0.39 is 6.03 Å². The highest BCUT2D eigenvalue weighted by Gasteiger charge is 2.07. The molecule has 2 aromatic heterocycles. The van der Waals surface area contributed by atoms with E-state index in [1.807, 2.05) is 13.0 Å². The summed E-state index contributed by atoms with van der Waals surface area (Å²) in [5.74, 6) is 1.18. The van der Waals surface area contributed by atoms with E-state index in [-0.39, 0.29) is 18.9 Å². The number of aryl methyl sites for hydroxylation is 2. The lowest BCUT2D eigenvalue weighted by molar-refractivity contribution is -0.116. The molecule has 0 saturated carbocycles. The van der Waals surface area contributed by atoms with E-state index in [2.05, 4.69) is 26.1 Å². The second kappa shape index (κ2) is 7.21. The number of pyridine rings is 1. The van der Waals surface area contributed by atoms with Crippen LogP contribution in [0.5, 0.6) is 0 Å². The van der Waals surface area contributed by atoms with Crippen LogP contribution in [0.2, 0.25) is 0 Å². The molecule has 2 heterocycles. The monoisotopic (exact) mass is 303 g/mol. The maximum Gasteiger partial charge on any atom is 0.320 e. The quantitative estimate of drug-likeness (QED) is 0.780. The number of carbonyl (C=O) groups excluding carboxylic acids is 2. The molecule has 8 heteroatoms. The third-order valence-electron chi connectivity index (χ3n) is 2.69. The summed E-state index contributed by atoms with van der Waals surface area (Å²) in [6.07, 6.45) is 1.81. The molecule has 3 N–H and O–H groups in total. The van der Waals surface area contributed by atoms with Crippen molar-refractivity contribution in [1.82, 2.24) is 15.5 Å². The Kier molecular flexibility index (Phi) is 5.07. The summed E-state index contributed by atoms with van der Waals surface area (Å²) in [6.45, 7) is 3.83. The Balaban J connectivity index is 1.68. The second-order valence-corrected chi connectivity index (χ2v) is 4.72. The van der Waals surface area contributed by atoms with Gasteiger partial charge in [-0.3, -0.25) is 10.1 Å². The van der Waals surface area contributed by atoms with Crippen LogP contribution in [-0.4, -0.2) is 28.6 Å². The number of carbonyl (C=O) groups is 2. The second-order valence-electron chi connectivity index (χ2n) is 4.72. The van der Waals surface area contributed by atoms with E-state index in [0.717, 1.165) is 5.56 Å². The van der Waals surface area contributed by atoms with Crippen LogP contribution in [0.25, 0.3) is 0 Å². The minimum absolute atomic E-state index is 0.140. The van der Waals surface area contributed by atoms with Gasteiger partial charge in [0.05, 0.1) is 0 Å². The molecule has 0 aliphatic rings. The van der Waals surface area contributed by atoms with E-state index in [0.29, 0.717) is 17.4 Å². The molecule has 0 spiro atoms. The molecule has 0 aliphatic heterocycles. The molecule has 0 bridgehead atoms. The number of aromatic nitrogens is 2. The molecule has 0 saturated heterocycles. The Morgan fingerprint density at radius 1 is 1.18 bits per heavy atom. The Labute approximate surface area is 127 Å². The van der Waals surface area contributed by atoms with Gasteiger partial charge >= 0.3 is 6.03 Å². The van der Waals surface area contributed by atoms with Crippen LogP contribution in [0.1, 0.15) is 17.7 Å². The summed E-state index contributed by atoms with van der Waals surface area (Å²) >= 11 is 0. The van der Waals surface area contributed by atoms with Gasteiger partial charge < -0.3 is 15.2 Å². The van der Waals surface area contributed by atoms with Gasteiger partial charge in [-0.05, 0) is 25.5 Å². The number of nitrogens with zero attached hydrogens (tertiary/aromatic N) is 2. The van der Waals surface area contributed by atoms with Gasteiger partial charge in [-0.25, -0.2) is 9.78 Å². The highest BCUT2D eigenvalue weighted by Crippen LogP contribution is 2.06. The Morgan fingerprint density at radius 3 is 2.64 bits per heavy atom. The van der Waals surface area contributed by atoms with Gasteiger partial charge in [0.2, 0.25) is 5.91 Å². The van der Waals surface area contributed by atoms with Crippen molar-refractivity contribution in [3.05, 3.63) is 35.7 Å². The maximum absolute atomic E-state index is 11.7. The molecule has 3 amide bonds. The van der Waals surface area contributed by atoms with E-state index >= 15 is 0 Å². The van der Waals surface area contributed by atoms with Crippen molar-refractivity contribution < 1.29 is 14.1 Å². The number of nitrogens with one attached hydrogen (secondary N) is 3. The number of rotatable bonds is 5. The van der Waals surface area contributed by atoms with E-state index in [1.54, 1.807) is 25.3 Å². The highest BCUT2D eigenvalue weighted by molar-refractivity contribution is 5.91. The van der Waals surface area contributed by atoms with Crippen molar-refractivity contribution in [3.63, 3.8) is 0 Å². The first-order valence-electron chi connectivity index (χ1n) is 6.73. The number of amides is 3. The number of hydrogen-bond acceptors (Lipinski definition) is 5. The van der Waals surface area contributed by atoms with Crippen molar-refractivity contribution in [2.45, 2.75) is 20.3 Å². The molecule has 0 aromatic carbocycles. The lowest BCUT2D eigenvalue weighted by atomic mass is 10.3. The molecule has 8 nitrogen and oxygen atoms in total. The van der Waals surface area contributed by atoms with Gasteiger partial charge in [0, 0.05) is 25.2 Å². The fraction of sp³-hybridized carbons (Fsp3) is 0.286. The fourth-order valence-corrected chi connectivity index (χ4v) is 1.62. The van der Waals surface area contributed by atoms with Gasteiger partial charge in [0.1, 0.15) is 11.6 Å². The smallest absolute Gasteiger partial charge is 0.320 e. The summed E-state index contributed by atoms with van der Waals surface area (Å²) in [7, 11) is 0. The van der Waals surface area contributed by atoms with Crippen LogP contribution < -0.4 is 16.0 Å². The zero-order valence-corrected chi connectivity index (χ0v) is 12.3. The van der Waals surface area contributed by atoms with Gasteiger partial charge in [0.15, 0.2) is 5.82 Å². The summed E-state index contributed by atoms with van der Waals surface area (Å²) in [4.78, 5) is 27.3. The summed E-state index contributed by atoms with van der Waals surface area (Å²) in [5.41, 5.74) is 1.01. The van der Waals surface area contributed by atoms with E-state index in [4.69, 9.17) is 4.52 Å². The van der Waals surface area contributed by atoms with E-state index in [9.17, 15) is 9.59 Å². The number of urea groups is 1. The van der Waals surface area contributed by atoms with Crippen molar-refractivity contribution in [2.24, 2.45) is 0 Å². The Morgan fingerprint density at radius 2 is 2.00 bits per heavy atom. The largest absolute Gasteiger partial charge is 0.360 e. The lowest BCUT2D eigenvalue weighted by Gasteiger charge is -2.06. The standard InChI is InChI=1S/C14H17N5O3/c1-9-3-4-11(16-8-9)17-13(20)5-6-15-14(21)18-12-7-10(2)22-19-12/h3-4,7-8H,5-6H2,1-2H3,(H,16,17,20)(H2,15,18,19,21). The lowest BCUT2D eigenvalue weighted by Crippen LogP contribution is -2.31. The van der Waals surface area contributed by atoms with Crippen LogP contribution in [0, 0.1) is 13.8 Å². The molecule has 2 rings (SSSR count). The minimum atomic E-state index is -0.449. The van der Waals surface area contributed by atoms with Gasteiger partial charge in [0.25, 0.3) is 0 Å². The summed E-state index contributed by atoms with van der Waals surface area (Å²) in [6, 6.07) is 4.72. The highest BCUT2D eigenvalue weighted by atomic mass is 16.5. The molecule has 0 aliphatic carbocycles. The number of anilines is 2. The molecule has 116 valence electrons. The molecule has 22 heavy (non-hydrogen) atoms. The third kappa shape index (κ3) is 4.89. The van der Waals surface area contributed by atoms with Crippen molar-refractivity contribution in [1.29, 1.82) is 0 Å². The fourth-order valence-electron chi connectivity index (χ4n) is 1.62. The van der Waals surface area contributed by atoms with Crippen LogP contribution in [0.4, 0.5) is 16.4 Å². The van der Waals surface area contributed by atoms with Crippen LogP contribution in [0.3, 0.4) is 0 Å². The maximum atomic E-state index is 11.7. The zero-order valence-electron chi connectivity index (χ0n) is 12.3. The Hall–Kier alpha value is -2.90. The van der Waals surface area contributed by atoms with E-state index in [1.165, 1.54) is 0 Å². The molecule has 2 aromatic rings. The average Bonchev–Trinajstić information content (AvgIpc) is 2.86. The first kappa shape index (κ1) is 15.5. The zero-order chi connectivity index (χ0) is 15.9. The molecule has 0 fully saturated rings. The average molecular weight is 303 g/mol. The van der Waals surface area contributed by atoms with Crippen LogP contribution in [0.15, 0.2) is 28.9 Å². The van der Waals surface area contributed by atoms with Crippen molar-refractivity contribution in [2.75, 3.05) is 17.2 Å². The molecule has 0 unspecified atom stereocenters. The predicted octanol–water partition coefficient (Wildman–Crippen LogP) is 1.84. The number of hydrogen-bond donors (Lipinski definition) is 3. The third-order valence-corrected chi connectivity index (χ3v) is 2.69. The summed E-state index contributed by atoms with van der Waals surface area (Å²) in [5, 5.41) is 11.3. The minimum Gasteiger partial charge on any atom is -0.360 e. The molecular formula is C14H17N5O3. The van der Waals surface area contributed by atoms with Gasteiger partial charge in [-0.2, -0.15) is 0 Å². The topological polar surface area (TPSA) is 109 Å². The SMILES string of the molecule is Cc1ccc(NC(=O)CCNC(=O)Nc2cc(C)on2)nc1. The van der Waals surface area contributed by atoms with Crippen LogP contribution in [-0.2, 0) is 4.79 Å². The van der Waals surface area contributed by atoms with Gasteiger partial charge in [-0.1, -0.05) is 11.2 Å². The van der Waals surface area contributed by atoms with Crippen molar-refractivity contribution in [3.8, 4) is 0 Å². The normalized spacial score (nSPS) is 10.1. The molecular weight excluding hydrogens is 286 g/mol. The van der Waals surface area contributed by atoms with Gasteiger partial charge in [-0.15, -0.1) is 0 Å².